The molecule has 0 heterocycles. The first-order valence-electron chi connectivity index (χ1n) is 6.16. The second-order valence-corrected chi connectivity index (χ2v) is 4.80. The summed E-state index contributed by atoms with van der Waals surface area (Å²) in [5.74, 6) is -1.06. The molecule has 0 spiro atoms. The Morgan fingerprint density at radius 1 is 0.944 bits per heavy atom. The monoisotopic (exact) mass is 258 g/mol. The molecule has 1 fully saturated rings. The molecule has 104 valence electrons. The van der Waals surface area contributed by atoms with Crippen molar-refractivity contribution in [2.24, 2.45) is 16.9 Å². The molecule has 2 unspecified atom stereocenters. The van der Waals surface area contributed by atoms with Gasteiger partial charge in [-0.1, -0.05) is 19.3 Å². The van der Waals surface area contributed by atoms with Crippen LogP contribution in [0.3, 0.4) is 0 Å². The van der Waals surface area contributed by atoms with E-state index in [0.717, 1.165) is 19.3 Å². The van der Waals surface area contributed by atoms with Crippen LogP contribution >= 0.6 is 0 Å². The van der Waals surface area contributed by atoms with E-state index in [9.17, 15) is 9.59 Å². The smallest absolute Gasteiger partial charge is 0.323 e. The number of carbonyl (C=O) groups excluding carboxylic acids is 2. The van der Waals surface area contributed by atoms with Gasteiger partial charge in [-0.05, 0) is 12.8 Å². The van der Waals surface area contributed by atoms with Gasteiger partial charge >= 0.3 is 11.9 Å². The Bertz CT molecular complexity index is 289. The summed E-state index contributed by atoms with van der Waals surface area (Å²) in [5.41, 5.74) is 11.2. The van der Waals surface area contributed by atoms with Crippen LogP contribution < -0.4 is 11.5 Å². The van der Waals surface area contributed by atoms with Gasteiger partial charge in [0.1, 0.15) is 12.1 Å². The van der Waals surface area contributed by atoms with Crippen LogP contribution in [0.5, 0.6) is 0 Å². The topological polar surface area (TPSA) is 105 Å². The molecular formula is C12H22N2O4. The van der Waals surface area contributed by atoms with Gasteiger partial charge in [0.2, 0.25) is 0 Å². The summed E-state index contributed by atoms with van der Waals surface area (Å²) in [6.45, 7) is 0. The Hall–Kier alpha value is -1.14. The van der Waals surface area contributed by atoms with Crippen molar-refractivity contribution in [3.05, 3.63) is 0 Å². The van der Waals surface area contributed by atoms with Crippen LogP contribution in [0.2, 0.25) is 0 Å². The molecule has 1 rings (SSSR count). The van der Waals surface area contributed by atoms with E-state index in [-0.39, 0.29) is 0 Å². The van der Waals surface area contributed by atoms with Crippen molar-refractivity contribution in [1.29, 1.82) is 0 Å². The molecule has 0 aromatic rings. The zero-order valence-corrected chi connectivity index (χ0v) is 11.0. The predicted molar refractivity (Wildman–Crippen MR) is 65.5 cm³/mol. The molecule has 1 aliphatic rings. The van der Waals surface area contributed by atoms with E-state index in [4.69, 9.17) is 11.5 Å². The summed E-state index contributed by atoms with van der Waals surface area (Å²) < 4.78 is 9.36. The number of ether oxygens (including phenoxy) is 2. The molecule has 1 saturated carbocycles. The van der Waals surface area contributed by atoms with E-state index in [1.807, 2.05) is 0 Å². The van der Waals surface area contributed by atoms with Gasteiger partial charge in [-0.25, -0.2) is 0 Å². The molecule has 6 nitrogen and oxygen atoms in total. The quantitative estimate of drug-likeness (QED) is 0.684. The highest BCUT2D eigenvalue weighted by atomic mass is 16.5. The van der Waals surface area contributed by atoms with Crippen LogP contribution in [0.15, 0.2) is 0 Å². The molecule has 18 heavy (non-hydrogen) atoms. The second kappa shape index (κ2) is 6.15. The number of nitrogens with two attached hydrogens (primary N) is 2. The molecule has 0 amide bonds. The standard InChI is InChI=1S/C12H22N2O4/c1-17-10(15)8(13)12(6-4-3-5-7-12)9(14)11(16)18-2/h8-9H,3-7,13-14H2,1-2H3. The first-order chi connectivity index (χ1) is 8.49. The van der Waals surface area contributed by atoms with E-state index in [1.54, 1.807) is 0 Å². The fraction of sp³-hybridized carbons (Fsp3) is 0.833. The normalized spacial score (nSPS) is 21.8. The molecule has 4 N–H and O–H groups in total. The van der Waals surface area contributed by atoms with E-state index in [2.05, 4.69) is 9.47 Å². The molecule has 1 aliphatic carbocycles. The lowest BCUT2D eigenvalue weighted by Gasteiger charge is -2.43. The summed E-state index contributed by atoms with van der Waals surface area (Å²) in [6, 6.07) is -1.78. The molecule has 0 bridgehead atoms. The highest BCUT2D eigenvalue weighted by Crippen LogP contribution is 2.41. The van der Waals surface area contributed by atoms with Gasteiger partial charge in [-0.15, -0.1) is 0 Å². The molecule has 0 aromatic carbocycles. The van der Waals surface area contributed by atoms with Gasteiger partial charge in [-0.2, -0.15) is 0 Å². The van der Waals surface area contributed by atoms with Crippen molar-refractivity contribution < 1.29 is 19.1 Å². The summed E-state index contributed by atoms with van der Waals surface area (Å²) in [7, 11) is 2.56. The minimum absolute atomic E-state index is 0.531. The van der Waals surface area contributed by atoms with Crippen LogP contribution in [0.25, 0.3) is 0 Å². The highest BCUT2D eigenvalue weighted by molar-refractivity contribution is 5.81. The maximum atomic E-state index is 11.7. The van der Waals surface area contributed by atoms with E-state index >= 15 is 0 Å². The van der Waals surface area contributed by atoms with E-state index in [1.165, 1.54) is 14.2 Å². The summed E-state index contributed by atoms with van der Waals surface area (Å²) in [4.78, 5) is 23.4. The Balaban J connectivity index is 3.01. The van der Waals surface area contributed by atoms with Gasteiger partial charge in [-0.3, -0.25) is 9.59 Å². The Morgan fingerprint density at radius 2 is 1.33 bits per heavy atom. The molecular weight excluding hydrogens is 236 g/mol. The zero-order chi connectivity index (χ0) is 13.8. The summed E-state index contributed by atoms with van der Waals surface area (Å²) >= 11 is 0. The molecule has 0 radical (unpaired) electrons. The van der Waals surface area contributed by atoms with Crippen molar-refractivity contribution in [3.8, 4) is 0 Å². The molecule has 0 aromatic heterocycles. The maximum Gasteiger partial charge on any atom is 0.323 e. The number of methoxy groups -OCH3 is 2. The number of rotatable bonds is 4. The maximum absolute atomic E-state index is 11.7. The number of hydrogen-bond donors (Lipinski definition) is 2. The summed E-state index contributed by atoms with van der Waals surface area (Å²) in [5, 5.41) is 0. The predicted octanol–water partition coefficient (Wildman–Crippen LogP) is -0.0625. The molecule has 0 aliphatic heterocycles. The lowest BCUT2D eigenvalue weighted by Crippen LogP contribution is -2.60. The second-order valence-electron chi connectivity index (χ2n) is 4.80. The average Bonchev–Trinajstić information content (AvgIpc) is 2.44. The fourth-order valence-electron chi connectivity index (χ4n) is 2.75. The van der Waals surface area contributed by atoms with Crippen LogP contribution in [0.4, 0.5) is 0 Å². The van der Waals surface area contributed by atoms with Gasteiger partial charge in [0, 0.05) is 5.41 Å². The largest absolute Gasteiger partial charge is 0.468 e. The zero-order valence-electron chi connectivity index (χ0n) is 11.0. The average molecular weight is 258 g/mol. The Labute approximate surface area is 107 Å². The van der Waals surface area contributed by atoms with Crippen molar-refractivity contribution >= 4 is 11.9 Å². The first-order valence-corrected chi connectivity index (χ1v) is 6.16. The first kappa shape index (κ1) is 14.9. The number of hydrogen-bond acceptors (Lipinski definition) is 6. The van der Waals surface area contributed by atoms with Gasteiger partial charge in [0.05, 0.1) is 14.2 Å². The minimum Gasteiger partial charge on any atom is -0.468 e. The van der Waals surface area contributed by atoms with Gasteiger partial charge in [0.25, 0.3) is 0 Å². The van der Waals surface area contributed by atoms with Crippen molar-refractivity contribution in [2.75, 3.05) is 14.2 Å². The Kier molecular flexibility index (Phi) is 5.10. The fourth-order valence-corrected chi connectivity index (χ4v) is 2.75. The summed E-state index contributed by atoms with van der Waals surface area (Å²) in [6.07, 6.45) is 4.13. The van der Waals surface area contributed by atoms with E-state index < -0.39 is 29.4 Å². The van der Waals surface area contributed by atoms with E-state index in [0.29, 0.717) is 12.8 Å². The van der Waals surface area contributed by atoms with Gasteiger partial charge in [0.15, 0.2) is 0 Å². The lowest BCUT2D eigenvalue weighted by atomic mass is 9.64. The molecule has 6 heteroatoms. The third-order valence-corrected chi connectivity index (χ3v) is 3.93. The molecule has 2 atom stereocenters. The van der Waals surface area contributed by atoms with Crippen molar-refractivity contribution in [3.63, 3.8) is 0 Å². The minimum atomic E-state index is -0.892. The van der Waals surface area contributed by atoms with Crippen molar-refractivity contribution in [1.82, 2.24) is 0 Å². The SMILES string of the molecule is COC(=O)C(N)C1(C(N)C(=O)OC)CCCCC1. The number of esters is 2. The van der Waals surface area contributed by atoms with Crippen LogP contribution in [0, 0.1) is 5.41 Å². The number of carbonyl (C=O) groups is 2. The highest BCUT2D eigenvalue weighted by Gasteiger charge is 2.49. The third kappa shape index (κ3) is 2.64. The van der Waals surface area contributed by atoms with Gasteiger partial charge < -0.3 is 20.9 Å². The third-order valence-electron chi connectivity index (χ3n) is 3.93. The van der Waals surface area contributed by atoms with Crippen LogP contribution in [-0.2, 0) is 19.1 Å². The van der Waals surface area contributed by atoms with Crippen LogP contribution in [0.1, 0.15) is 32.1 Å². The van der Waals surface area contributed by atoms with Crippen molar-refractivity contribution in [2.45, 2.75) is 44.2 Å². The Morgan fingerprint density at radius 3 is 1.67 bits per heavy atom. The molecule has 0 saturated heterocycles. The lowest BCUT2D eigenvalue weighted by molar-refractivity contribution is -0.153. The van der Waals surface area contributed by atoms with Crippen LogP contribution in [-0.4, -0.2) is 38.2 Å².